The van der Waals surface area contributed by atoms with Gasteiger partial charge in [-0.15, -0.1) is 0 Å². The van der Waals surface area contributed by atoms with Crippen LogP contribution in [0.3, 0.4) is 0 Å². The van der Waals surface area contributed by atoms with Crippen LogP contribution in [0.2, 0.25) is 0 Å². The monoisotopic (exact) mass is 209 g/mol. The number of amides is 2. The van der Waals surface area contributed by atoms with Crippen molar-refractivity contribution in [2.45, 2.75) is 19.0 Å². The van der Waals surface area contributed by atoms with E-state index in [-0.39, 0.29) is 12.1 Å². The van der Waals surface area contributed by atoms with Crippen molar-refractivity contribution in [3.63, 3.8) is 0 Å². The number of aromatic nitrogens is 1. The molecular formula is C10H15N3O2. The number of rotatable bonds is 3. The minimum atomic E-state index is -0.133. The van der Waals surface area contributed by atoms with Gasteiger partial charge in [0.1, 0.15) is 0 Å². The quantitative estimate of drug-likeness (QED) is 0.682. The zero-order valence-corrected chi connectivity index (χ0v) is 8.45. The first-order valence-corrected chi connectivity index (χ1v) is 5.08. The molecule has 0 aromatic carbocycles. The second-order valence-corrected chi connectivity index (χ2v) is 3.61. The van der Waals surface area contributed by atoms with Crippen LogP contribution in [0.5, 0.6) is 0 Å². The molecule has 1 saturated heterocycles. The van der Waals surface area contributed by atoms with Crippen molar-refractivity contribution in [2.24, 2.45) is 0 Å². The average molecular weight is 209 g/mol. The normalized spacial score (nSPS) is 20.1. The Morgan fingerprint density at radius 3 is 3.27 bits per heavy atom. The van der Waals surface area contributed by atoms with Crippen molar-refractivity contribution in [3.05, 3.63) is 24.0 Å². The first-order valence-electron chi connectivity index (χ1n) is 5.08. The molecule has 3 N–H and O–H groups in total. The standard InChI is InChI=1S/C10H15N3O2/c14-10(13-9-2-4-15-7-9)12-6-8-1-3-11-5-8/h1,3,5,9,11H,2,4,6-7H2,(H2,12,13,14). The fraction of sp³-hybridized carbons (Fsp3) is 0.500. The van der Waals surface area contributed by atoms with Crippen molar-refractivity contribution in [1.29, 1.82) is 0 Å². The Morgan fingerprint density at radius 1 is 1.67 bits per heavy atom. The summed E-state index contributed by atoms with van der Waals surface area (Å²) in [5, 5.41) is 5.64. The lowest BCUT2D eigenvalue weighted by molar-refractivity contribution is 0.188. The third kappa shape index (κ3) is 2.99. The number of nitrogens with one attached hydrogen (secondary N) is 3. The second-order valence-electron chi connectivity index (χ2n) is 3.61. The van der Waals surface area contributed by atoms with E-state index in [2.05, 4.69) is 15.6 Å². The number of carbonyl (C=O) groups is 1. The summed E-state index contributed by atoms with van der Waals surface area (Å²) in [6.07, 6.45) is 4.59. The van der Waals surface area contributed by atoms with Crippen LogP contribution in [-0.4, -0.2) is 30.3 Å². The molecular weight excluding hydrogens is 194 g/mol. The molecule has 5 heteroatoms. The van der Waals surface area contributed by atoms with Gasteiger partial charge in [-0.25, -0.2) is 4.79 Å². The minimum Gasteiger partial charge on any atom is -0.379 e. The first-order chi connectivity index (χ1) is 7.34. The van der Waals surface area contributed by atoms with Crippen LogP contribution < -0.4 is 10.6 Å². The predicted molar refractivity (Wildman–Crippen MR) is 55.4 cm³/mol. The maximum atomic E-state index is 11.4. The number of aromatic amines is 1. The van der Waals surface area contributed by atoms with Gasteiger partial charge in [0, 0.05) is 25.5 Å². The largest absolute Gasteiger partial charge is 0.379 e. The van der Waals surface area contributed by atoms with Crippen molar-refractivity contribution >= 4 is 6.03 Å². The topological polar surface area (TPSA) is 66.2 Å². The third-order valence-corrected chi connectivity index (χ3v) is 2.38. The molecule has 2 rings (SSSR count). The van der Waals surface area contributed by atoms with Crippen LogP contribution in [0.25, 0.3) is 0 Å². The van der Waals surface area contributed by atoms with Gasteiger partial charge in [-0.05, 0) is 18.1 Å². The lowest BCUT2D eigenvalue weighted by Gasteiger charge is -2.11. The van der Waals surface area contributed by atoms with Crippen molar-refractivity contribution < 1.29 is 9.53 Å². The molecule has 1 atom stereocenters. The lowest BCUT2D eigenvalue weighted by atomic mass is 10.3. The Kier molecular flexibility index (Phi) is 3.24. The van der Waals surface area contributed by atoms with E-state index in [1.807, 2.05) is 18.5 Å². The van der Waals surface area contributed by atoms with Crippen molar-refractivity contribution in [1.82, 2.24) is 15.6 Å². The Balaban J connectivity index is 1.68. The van der Waals surface area contributed by atoms with Gasteiger partial charge in [-0.1, -0.05) is 0 Å². The molecule has 0 radical (unpaired) electrons. The Morgan fingerprint density at radius 2 is 2.60 bits per heavy atom. The van der Waals surface area contributed by atoms with E-state index < -0.39 is 0 Å². The molecule has 0 saturated carbocycles. The van der Waals surface area contributed by atoms with Gasteiger partial charge in [-0.2, -0.15) is 0 Å². The number of H-pyrrole nitrogens is 1. The van der Waals surface area contributed by atoms with Crippen LogP contribution in [0.1, 0.15) is 12.0 Å². The summed E-state index contributed by atoms with van der Waals surface area (Å²) in [6.45, 7) is 1.91. The first kappa shape index (κ1) is 10.0. The van der Waals surface area contributed by atoms with E-state index in [4.69, 9.17) is 4.74 Å². The highest BCUT2D eigenvalue weighted by Gasteiger charge is 2.17. The molecule has 82 valence electrons. The third-order valence-electron chi connectivity index (χ3n) is 2.38. The van der Waals surface area contributed by atoms with E-state index >= 15 is 0 Å². The molecule has 0 aliphatic carbocycles. The summed E-state index contributed by atoms with van der Waals surface area (Å²) in [7, 11) is 0. The van der Waals surface area contributed by atoms with Crippen LogP contribution >= 0.6 is 0 Å². The molecule has 2 heterocycles. The Hall–Kier alpha value is -1.49. The SMILES string of the molecule is O=C(NCc1cc[nH]c1)NC1CCOC1. The number of hydrogen-bond acceptors (Lipinski definition) is 2. The molecule has 1 aromatic heterocycles. The molecule has 0 bridgehead atoms. The highest BCUT2D eigenvalue weighted by molar-refractivity contribution is 5.74. The van der Waals surface area contributed by atoms with Crippen molar-refractivity contribution in [3.8, 4) is 0 Å². The molecule has 1 aromatic rings. The van der Waals surface area contributed by atoms with E-state index in [9.17, 15) is 4.79 Å². The fourth-order valence-corrected chi connectivity index (χ4v) is 1.54. The highest BCUT2D eigenvalue weighted by Crippen LogP contribution is 2.02. The van der Waals surface area contributed by atoms with E-state index in [0.29, 0.717) is 13.2 Å². The predicted octanol–water partition coefficient (Wildman–Crippen LogP) is 0.603. The molecule has 15 heavy (non-hydrogen) atoms. The molecule has 1 aliphatic heterocycles. The molecule has 1 unspecified atom stereocenters. The van der Waals surface area contributed by atoms with Crippen LogP contribution in [-0.2, 0) is 11.3 Å². The molecule has 0 spiro atoms. The van der Waals surface area contributed by atoms with Crippen molar-refractivity contribution in [2.75, 3.05) is 13.2 Å². The van der Waals surface area contributed by atoms with E-state index in [1.165, 1.54) is 0 Å². The summed E-state index contributed by atoms with van der Waals surface area (Å²) in [5.74, 6) is 0. The van der Waals surface area contributed by atoms with Gasteiger partial charge in [0.25, 0.3) is 0 Å². The average Bonchev–Trinajstić information content (AvgIpc) is 2.86. The minimum absolute atomic E-state index is 0.133. The molecule has 1 aliphatic rings. The molecule has 5 nitrogen and oxygen atoms in total. The number of ether oxygens (including phenoxy) is 1. The van der Waals surface area contributed by atoms with Gasteiger partial charge >= 0.3 is 6.03 Å². The molecule has 2 amide bonds. The van der Waals surface area contributed by atoms with Crippen LogP contribution in [0, 0.1) is 0 Å². The Bertz CT molecular complexity index is 304. The summed E-state index contributed by atoms with van der Waals surface area (Å²) >= 11 is 0. The van der Waals surface area contributed by atoms with E-state index in [0.717, 1.165) is 18.6 Å². The Labute approximate surface area is 88.2 Å². The summed E-state index contributed by atoms with van der Waals surface area (Å²) in [5.41, 5.74) is 1.06. The maximum absolute atomic E-state index is 11.4. The number of hydrogen-bond donors (Lipinski definition) is 3. The van der Waals surface area contributed by atoms with Gasteiger partial charge in [0.05, 0.1) is 12.6 Å². The number of urea groups is 1. The smallest absolute Gasteiger partial charge is 0.315 e. The van der Waals surface area contributed by atoms with Gasteiger partial charge in [0.2, 0.25) is 0 Å². The van der Waals surface area contributed by atoms with Gasteiger partial charge < -0.3 is 20.4 Å². The summed E-state index contributed by atoms with van der Waals surface area (Å²) < 4.78 is 5.16. The van der Waals surface area contributed by atoms with Crippen LogP contribution in [0.4, 0.5) is 4.79 Å². The van der Waals surface area contributed by atoms with Crippen LogP contribution in [0.15, 0.2) is 18.5 Å². The fourth-order valence-electron chi connectivity index (χ4n) is 1.54. The highest BCUT2D eigenvalue weighted by atomic mass is 16.5. The summed E-state index contributed by atoms with van der Waals surface area (Å²) in [4.78, 5) is 14.3. The van der Waals surface area contributed by atoms with Gasteiger partial charge in [0.15, 0.2) is 0 Å². The molecule has 1 fully saturated rings. The summed E-state index contributed by atoms with van der Waals surface area (Å²) in [6, 6.07) is 1.96. The lowest BCUT2D eigenvalue weighted by Crippen LogP contribution is -2.41. The number of carbonyl (C=O) groups excluding carboxylic acids is 1. The zero-order valence-electron chi connectivity index (χ0n) is 8.45. The zero-order chi connectivity index (χ0) is 10.5. The maximum Gasteiger partial charge on any atom is 0.315 e. The van der Waals surface area contributed by atoms with Gasteiger partial charge in [-0.3, -0.25) is 0 Å². The second kappa shape index (κ2) is 4.84. The van der Waals surface area contributed by atoms with E-state index in [1.54, 1.807) is 0 Å².